The summed E-state index contributed by atoms with van der Waals surface area (Å²) in [6.45, 7) is 3.18. The van der Waals surface area contributed by atoms with Crippen molar-refractivity contribution in [2.24, 2.45) is 0 Å². The summed E-state index contributed by atoms with van der Waals surface area (Å²) < 4.78 is 11.5. The lowest BCUT2D eigenvalue weighted by Crippen LogP contribution is -1.97. The number of nitrogens with zero attached hydrogens (tertiary/aromatic N) is 1. The molecule has 6 heteroatoms. The number of aryl methyl sites for hydroxylation is 1. The summed E-state index contributed by atoms with van der Waals surface area (Å²) >= 11 is 0. The number of benzene rings is 2. The first-order chi connectivity index (χ1) is 12.1. The summed E-state index contributed by atoms with van der Waals surface area (Å²) in [5.41, 5.74) is 3.82. The molecular formula is C19H18N2O4. The Morgan fingerprint density at radius 3 is 2.60 bits per heavy atom. The second kappa shape index (κ2) is 6.05. The number of phenolic OH excluding ortho intramolecular Hbond substituents is 2. The third kappa shape index (κ3) is 2.76. The standard InChI is InChI=1S/C19H18N2O4/c1-11-18(12-3-6-16-17(9-12)25-8-2-7-24-16)19(21-20-11)14-5-4-13(22)10-15(14)23/h3-6,9-10,22-23H,2,7-8H2,1H3,(H,20,21). The number of aromatic nitrogens is 2. The van der Waals surface area contributed by atoms with E-state index in [-0.39, 0.29) is 11.5 Å². The van der Waals surface area contributed by atoms with Gasteiger partial charge in [0, 0.05) is 29.3 Å². The second-order valence-corrected chi connectivity index (χ2v) is 5.99. The number of rotatable bonds is 2. The molecule has 0 unspecified atom stereocenters. The topological polar surface area (TPSA) is 87.6 Å². The molecule has 3 aromatic rings. The number of fused-ring (bicyclic) bond motifs is 1. The van der Waals surface area contributed by atoms with Crippen molar-refractivity contribution in [1.82, 2.24) is 10.2 Å². The van der Waals surface area contributed by atoms with Gasteiger partial charge in [-0.2, -0.15) is 5.10 Å². The van der Waals surface area contributed by atoms with Crippen molar-refractivity contribution in [3.63, 3.8) is 0 Å². The molecule has 1 aromatic heterocycles. The molecule has 0 aliphatic carbocycles. The van der Waals surface area contributed by atoms with E-state index in [0.717, 1.165) is 29.0 Å². The third-order valence-electron chi connectivity index (χ3n) is 4.22. The van der Waals surface area contributed by atoms with E-state index in [4.69, 9.17) is 9.47 Å². The van der Waals surface area contributed by atoms with Crippen LogP contribution < -0.4 is 9.47 Å². The van der Waals surface area contributed by atoms with E-state index in [0.29, 0.717) is 30.2 Å². The molecule has 4 rings (SSSR count). The van der Waals surface area contributed by atoms with E-state index in [1.54, 1.807) is 6.07 Å². The quantitative estimate of drug-likeness (QED) is 0.664. The van der Waals surface area contributed by atoms with Gasteiger partial charge in [0.1, 0.15) is 17.2 Å². The highest BCUT2D eigenvalue weighted by molar-refractivity contribution is 5.85. The normalized spacial score (nSPS) is 13.5. The van der Waals surface area contributed by atoms with Crippen LogP contribution in [0.3, 0.4) is 0 Å². The van der Waals surface area contributed by atoms with Crippen molar-refractivity contribution in [2.45, 2.75) is 13.3 Å². The van der Waals surface area contributed by atoms with Gasteiger partial charge in [-0.15, -0.1) is 0 Å². The number of nitrogens with one attached hydrogen (secondary N) is 1. The molecule has 0 bridgehead atoms. The number of aromatic hydroxyl groups is 2. The maximum absolute atomic E-state index is 10.2. The summed E-state index contributed by atoms with van der Waals surface area (Å²) in [4.78, 5) is 0. The van der Waals surface area contributed by atoms with Crippen LogP contribution in [0, 0.1) is 6.92 Å². The highest BCUT2D eigenvalue weighted by Gasteiger charge is 2.19. The number of hydrogen-bond acceptors (Lipinski definition) is 5. The van der Waals surface area contributed by atoms with E-state index >= 15 is 0 Å². The summed E-state index contributed by atoms with van der Waals surface area (Å²) in [7, 11) is 0. The molecule has 128 valence electrons. The van der Waals surface area contributed by atoms with Crippen molar-refractivity contribution in [2.75, 3.05) is 13.2 Å². The second-order valence-electron chi connectivity index (χ2n) is 5.99. The molecule has 0 spiro atoms. The largest absolute Gasteiger partial charge is 0.508 e. The van der Waals surface area contributed by atoms with Gasteiger partial charge in [0.25, 0.3) is 0 Å². The zero-order chi connectivity index (χ0) is 17.4. The number of ether oxygens (including phenoxy) is 2. The molecule has 0 atom stereocenters. The molecule has 2 aromatic carbocycles. The Morgan fingerprint density at radius 1 is 1.00 bits per heavy atom. The molecule has 25 heavy (non-hydrogen) atoms. The van der Waals surface area contributed by atoms with Crippen LogP contribution >= 0.6 is 0 Å². The third-order valence-corrected chi connectivity index (χ3v) is 4.22. The molecular weight excluding hydrogens is 320 g/mol. The van der Waals surface area contributed by atoms with Gasteiger partial charge in [0.2, 0.25) is 0 Å². The van der Waals surface area contributed by atoms with Crippen molar-refractivity contribution in [1.29, 1.82) is 0 Å². The first kappa shape index (κ1) is 15.4. The highest BCUT2D eigenvalue weighted by atomic mass is 16.5. The molecule has 2 heterocycles. The molecule has 1 aliphatic heterocycles. The minimum absolute atomic E-state index is 0.00522. The maximum atomic E-state index is 10.2. The van der Waals surface area contributed by atoms with Gasteiger partial charge < -0.3 is 19.7 Å². The number of hydrogen-bond donors (Lipinski definition) is 3. The van der Waals surface area contributed by atoms with Crippen LogP contribution in [-0.2, 0) is 0 Å². The van der Waals surface area contributed by atoms with Crippen molar-refractivity contribution < 1.29 is 19.7 Å². The lowest BCUT2D eigenvalue weighted by Gasteiger charge is -2.11. The molecule has 0 amide bonds. The monoisotopic (exact) mass is 338 g/mol. The van der Waals surface area contributed by atoms with Crippen LogP contribution in [0.1, 0.15) is 12.1 Å². The van der Waals surface area contributed by atoms with Crippen LogP contribution in [0.4, 0.5) is 0 Å². The fourth-order valence-corrected chi connectivity index (χ4v) is 3.02. The summed E-state index contributed by atoms with van der Waals surface area (Å²) in [5.74, 6) is 1.42. The van der Waals surface area contributed by atoms with Crippen LogP contribution in [0.15, 0.2) is 36.4 Å². The predicted molar refractivity (Wildman–Crippen MR) is 93.1 cm³/mol. The van der Waals surface area contributed by atoms with Crippen molar-refractivity contribution >= 4 is 0 Å². The van der Waals surface area contributed by atoms with Crippen LogP contribution in [0.2, 0.25) is 0 Å². The van der Waals surface area contributed by atoms with Gasteiger partial charge in [-0.1, -0.05) is 6.07 Å². The average Bonchev–Trinajstić information content (AvgIpc) is 2.82. The zero-order valence-corrected chi connectivity index (χ0v) is 13.7. The SMILES string of the molecule is Cc1[nH]nc(-c2ccc(O)cc2O)c1-c1ccc2c(c1)OCCCO2. The first-order valence-corrected chi connectivity index (χ1v) is 8.11. The first-order valence-electron chi connectivity index (χ1n) is 8.11. The van der Waals surface area contributed by atoms with Gasteiger partial charge in [-0.3, -0.25) is 5.10 Å². The van der Waals surface area contributed by atoms with Crippen LogP contribution in [-0.4, -0.2) is 33.6 Å². The summed E-state index contributed by atoms with van der Waals surface area (Å²) in [6.07, 6.45) is 0.849. The van der Waals surface area contributed by atoms with Gasteiger partial charge in [-0.25, -0.2) is 0 Å². The summed E-state index contributed by atoms with van der Waals surface area (Å²) in [6, 6.07) is 10.2. The Morgan fingerprint density at radius 2 is 1.80 bits per heavy atom. The molecule has 3 N–H and O–H groups in total. The average molecular weight is 338 g/mol. The molecule has 0 saturated carbocycles. The van der Waals surface area contributed by atoms with Crippen LogP contribution in [0.25, 0.3) is 22.4 Å². The van der Waals surface area contributed by atoms with Gasteiger partial charge in [0.15, 0.2) is 11.5 Å². The number of aromatic amines is 1. The predicted octanol–water partition coefficient (Wildman–Crippen LogP) is 3.62. The van der Waals surface area contributed by atoms with E-state index < -0.39 is 0 Å². The van der Waals surface area contributed by atoms with E-state index in [1.807, 2.05) is 25.1 Å². The fourth-order valence-electron chi connectivity index (χ4n) is 3.02. The molecule has 0 radical (unpaired) electrons. The molecule has 6 nitrogen and oxygen atoms in total. The smallest absolute Gasteiger partial charge is 0.161 e. The van der Waals surface area contributed by atoms with Gasteiger partial charge in [-0.05, 0) is 36.8 Å². The van der Waals surface area contributed by atoms with E-state index in [9.17, 15) is 10.2 Å². The fraction of sp³-hybridized carbons (Fsp3) is 0.211. The zero-order valence-electron chi connectivity index (χ0n) is 13.7. The lowest BCUT2D eigenvalue weighted by atomic mass is 9.98. The Labute approximate surface area is 144 Å². The minimum atomic E-state index is -0.0258. The Hall–Kier alpha value is -3.15. The van der Waals surface area contributed by atoms with Gasteiger partial charge >= 0.3 is 0 Å². The minimum Gasteiger partial charge on any atom is -0.508 e. The molecule has 0 saturated heterocycles. The Bertz CT molecular complexity index is 933. The van der Waals surface area contributed by atoms with E-state index in [1.165, 1.54) is 12.1 Å². The van der Waals surface area contributed by atoms with Gasteiger partial charge in [0.05, 0.1) is 13.2 Å². The van der Waals surface area contributed by atoms with E-state index in [2.05, 4.69) is 10.2 Å². The van der Waals surface area contributed by atoms with Crippen LogP contribution in [0.5, 0.6) is 23.0 Å². The lowest BCUT2D eigenvalue weighted by molar-refractivity contribution is 0.297. The Kier molecular flexibility index (Phi) is 3.72. The van der Waals surface area contributed by atoms with Crippen molar-refractivity contribution in [3.05, 3.63) is 42.1 Å². The van der Waals surface area contributed by atoms with Crippen molar-refractivity contribution in [3.8, 4) is 45.4 Å². The Balaban J connectivity index is 1.84. The highest BCUT2D eigenvalue weighted by Crippen LogP contribution is 2.41. The molecule has 0 fully saturated rings. The summed E-state index contributed by atoms with van der Waals surface area (Å²) in [5, 5.41) is 27.0. The number of phenols is 2. The maximum Gasteiger partial charge on any atom is 0.161 e. The molecule has 1 aliphatic rings. The number of H-pyrrole nitrogens is 1.